The smallest absolute Gasteiger partial charge is 0.270 e. The standard InChI is InChI=1S/C18H20N4O3/c1-14-4-3-5-17(10-14)25-9-8-20(2)13-21-18-7-6-16(22(23)24)11-15(18)12-19-21/h3-7,10-12H,8-9,13H2,1-2H3. The molecule has 1 heterocycles. The summed E-state index contributed by atoms with van der Waals surface area (Å²) in [7, 11) is 1.98. The fourth-order valence-corrected chi connectivity index (χ4v) is 2.62. The van der Waals surface area contributed by atoms with Crippen LogP contribution in [0.1, 0.15) is 5.56 Å². The zero-order chi connectivity index (χ0) is 17.8. The normalized spacial score (nSPS) is 11.2. The predicted molar refractivity (Wildman–Crippen MR) is 95.7 cm³/mol. The topological polar surface area (TPSA) is 73.4 Å². The van der Waals surface area contributed by atoms with E-state index in [4.69, 9.17) is 4.74 Å². The maximum atomic E-state index is 10.8. The van der Waals surface area contributed by atoms with Gasteiger partial charge >= 0.3 is 0 Å². The van der Waals surface area contributed by atoms with Crippen molar-refractivity contribution in [3.8, 4) is 5.75 Å². The van der Waals surface area contributed by atoms with Crippen molar-refractivity contribution >= 4 is 16.6 Å². The molecule has 0 fully saturated rings. The first kappa shape index (κ1) is 16.9. The molecule has 1 aromatic heterocycles. The molecule has 0 N–H and O–H groups in total. The van der Waals surface area contributed by atoms with E-state index in [1.807, 2.05) is 42.9 Å². The molecule has 0 aliphatic carbocycles. The Labute approximate surface area is 145 Å². The molecule has 7 nitrogen and oxygen atoms in total. The predicted octanol–water partition coefficient (Wildman–Crippen LogP) is 3.22. The van der Waals surface area contributed by atoms with Crippen LogP contribution >= 0.6 is 0 Å². The fourth-order valence-electron chi connectivity index (χ4n) is 2.62. The van der Waals surface area contributed by atoms with Gasteiger partial charge in [0.2, 0.25) is 0 Å². The van der Waals surface area contributed by atoms with Crippen molar-refractivity contribution in [2.24, 2.45) is 0 Å². The number of aromatic nitrogens is 2. The highest BCUT2D eigenvalue weighted by atomic mass is 16.6. The van der Waals surface area contributed by atoms with Crippen molar-refractivity contribution in [3.05, 3.63) is 64.3 Å². The van der Waals surface area contributed by atoms with Crippen molar-refractivity contribution in [3.63, 3.8) is 0 Å². The molecule has 25 heavy (non-hydrogen) atoms. The summed E-state index contributed by atoms with van der Waals surface area (Å²) in [5.74, 6) is 0.866. The molecule has 0 bridgehead atoms. The molecule has 0 amide bonds. The largest absolute Gasteiger partial charge is 0.492 e. The fraction of sp³-hybridized carbons (Fsp3) is 0.278. The Morgan fingerprint density at radius 3 is 2.88 bits per heavy atom. The molecule has 130 valence electrons. The van der Waals surface area contributed by atoms with E-state index < -0.39 is 4.92 Å². The first-order valence-corrected chi connectivity index (χ1v) is 8.01. The summed E-state index contributed by atoms with van der Waals surface area (Å²) < 4.78 is 7.59. The van der Waals surface area contributed by atoms with Crippen LogP contribution in [0.25, 0.3) is 10.9 Å². The van der Waals surface area contributed by atoms with E-state index in [-0.39, 0.29) is 5.69 Å². The monoisotopic (exact) mass is 340 g/mol. The van der Waals surface area contributed by atoms with Gasteiger partial charge < -0.3 is 4.74 Å². The number of hydrogen-bond acceptors (Lipinski definition) is 5. The van der Waals surface area contributed by atoms with Crippen LogP contribution in [-0.2, 0) is 6.67 Å². The Bertz CT molecular complexity index is 891. The molecule has 0 saturated heterocycles. The van der Waals surface area contributed by atoms with E-state index in [0.29, 0.717) is 13.3 Å². The van der Waals surface area contributed by atoms with Crippen molar-refractivity contribution in [1.82, 2.24) is 14.7 Å². The van der Waals surface area contributed by atoms with E-state index in [1.165, 1.54) is 11.6 Å². The van der Waals surface area contributed by atoms with E-state index in [1.54, 1.807) is 18.3 Å². The van der Waals surface area contributed by atoms with Gasteiger partial charge in [-0.3, -0.25) is 19.7 Å². The third-order valence-electron chi connectivity index (χ3n) is 3.94. The number of nitrogens with zero attached hydrogens (tertiary/aromatic N) is 4. The number of aryl methyl sites for hydroxylation is 1. The minimum absolute atomic E-state index is 0.0759. The average molecular weight is 340 g/mol. The number of nitro benzene ring substituents is 1. The molecule has 0 atom stereocenters. The molecule has 0 unspecified atom stereocenters. The second kappa shape index (κ2) is 7.31. The number of benzene rings is 2. The van der Waals surface area contributed by atoms with Crippen LogP contribution in [0, 0.1) is 17.0 Å². The van der Waals surface area contributed by atoms with Crippen LogP contribution in [-0.4, -0.2) is 39.8 Å². The zero-order valence-corrected chi connectivity index (χ0v) is 14.3. The molecule has 7 heteroatoms. The molecular formula is C18H20N4O3. The SMILES string of the molecule is Cc1cccc(OCCN(C)Cn2ncc3cc([N+](=O)[O-])ccc32)c1. The van der Waals surface area contributed by atoms with Crippen LogP contribution in [0.15, 0.2) is 48.7 Å². The third-order valence-corrected chi connectivity index (χ3v) is 3.94. The van der Waals surface area contributed by atoms with Gasteiger partial charge in [-0.25, -0.2) is 0 Å². The zero-order valence-electron chi connectivity index (χ0n) is 14.3. The highest BCUT2D eigenvalue weighted by molar-refractivity contribution is 5.81. The van der Waals surface area contributed by atoms with Gasteiger partial charge in [-0.2, -0.15) is 5.10 Å². The first-order chi connectivity index (χ1) is 12.0. The van der Waals surface area contributed by atoms with Crippen molar-refractivity contribution in [1.29, 1.82) is 0 Å². The van der Waals surface area contributed by atoms with Crippen LogP contribution in [0.2, 0.25) is 0 Å². The van der Waals surface area contributed by atoms with Crippen LogP contribution in [0.3, 0.4) is 0 Å². The Balaban J connectivity index is 1.58. The molecule has 3 aromatic rings. The number of ether oxygens (including phenoxy) is 1. The average Bonchev–Trinajstić information content (AvgIpc) is 2.97. The number of nitro groups is 1. The van der Waals surface area contributed by atoms with Gasteiger partial charge in [0, 0.05) is 24.1 Å². The molecule has 0 spiro atoms. The second-order valence-corrected chi connectivity index (χ2v) is 6.03. The van der Waals surface area contributed by atoms with Crippen molar-refractivity contribution in [2.45, 2.75) is 13.6 Å². The molecule has 0 aliphatic heterocycles. The quantitative estimate of drug-likeness (QED) is 0.488. The Hall–Kier alpha value is -2.93. The van der Waals surface area contributed by atoms with Crippen LogP contribution < -0.4 is 4.74 Å². The van der Waals surface area contributed by atoms with Gasteiger partial charge in [0.15, 0.2) is 0 Å². The third kappa shape index (κ3) is 4.13. The first-order valence-electron chi connectivity index (χ1n) is 8.01. The van der Waals surface area contributed by atoms with E-state index in [2.05, 4.69) is 10.00 Å². The maximum absolute atomic E-state index is 10.8. The summed E-state index contributed by atoms with van der Waals surface area (Å²) in [6.07, 6.45) is 1.65. The van der Waals surface area contributed by atoms with Gasteiger partial charge in [-0.1, -0.05) is 12.1 Å². The number of hydrogen-bond donors (Lipinski definition) is 0. The highest BCUT2D eigenvalue weighted by Gasteiger charge is 2.10. The lowest BCUT2D eigenvalue weighted by molar-refractivity contribution is -0.384. The summed E-state index contributed by atoms with van der Waals surface area (Å²) >= 11 is 0. The molecule has 0 aliphatic rings. The molecular weight excluding hydrogens is 320 g/mol. The Morgan fingerprint density at radius 2 is 2.12 bits per heavy atom. The van der Waals surface area contributed by atoms with Crippen LogP contribution in [0.4, 0.5) is 5.69 Å². The molecule has 0 radical (unpaired) electrons. The number of fused-ring (bicyclic) bond motifs is 1. The summed E-state index contributed by atoms with van der Waals surface area (Å²) in [5.41, 5.74) is 2.12. The molecule has 0 saturated carbocycles. The van der Waals surface area contributed by atoms with E-state index >= 15 is 0 Å². The second-order valence-electron chi connectivity index (χ2n) is 6.03. The van der Waals surface area contributed by atoms with Gasteiger partial charge in [-0.15, -0.1) is 0 Å². The Kier molecular flexibility index (Phi) is 4.95. The summed E-state index contributed by atoms with van der Waals surface area (Å²) in [5, 5.41) is 15.9. The van der Waals surface area contributed by atoms with Crippen LogP contribution in [0.5, 0.6) is 5.75 Å². The summed E-state index contributed by atoms with van der Waals surface area (Å²) in [6.45, 7) is 3.93. The van der Waals surface area contributed by atoms with E-state index in [9.17, 15) is 10.1 Å². The maximum Gasteiger partial charge on any atom is 0.270 e. The minimum Gasteiger partial charge on any atom is -0.492 e. The van der Waals surface area contributed by atoms with Gasteiger partial charge in [0.05, 0.1) is 23.3 Å². The van der Waals surface area contributed by atoms with Gasteiger partial charge in [0.25, 0.3) is 5.69 Å². The minimum atomic E-state index is -0.397. The van der Waals surface area contributed by atoms with E-state index in [0.717, 1.165) is 23.2 Å². The van der Waals surface area contributed by atoms with Gasteiger partial charge in [0.1, 0.15) is 12.4 Å². The number of likely N-dealkylation sites (N-methyl/N-ethyl adjacent to an activating group) is 1. The summed E-state index contributed by atoms with van der Waals surface area (Å²) in [6, 6.07) is 12.7. The number of non-ortho nitro benzene ring substituents is 1. The lowest BCUT2D eigenvalue weighted by atomic mass is 10.2. The van der Waals surface area contributed by atoms with Crippen molar-refractivity contribution in [2.75, 3.05) is 20.2 Å². The van der Waals surface area contributed by atoms with Crippen molar-refractivity contribution < 1.29 is 9.66 Å². The Morgan fingerprint density at radius 1 is 1.28 bits per heavy atom. The lowest BCUT2D eigenvalue weighted by Gasteiger charge is -2.17. The molecule has 3 rings (SSSR count). The van der Waals surface area contributed by atoms with Gasteiger partial charge in [-0.05, 0) is 37.7 Å². The number of rotatable bonds is 7. The summed E-state index contributed by atoms with van der Waals surface area (Å²) in [4.78, 5) is 12.5. The molecule has 2 aromatic carbocycles. The highest BCUT2D eigenvalue weighted by Crippen LogP contribution is 2.20. The lowest BCUT2D eigenvalue weighted by Crippen LogP contribution is -2.27.